The van der Waals surface area contributed by atoms with Crippen molar-refractivity contribution in [1.82, 2.24) is 25.2 Å². The SMILES string of the molecule is Oc1cc(Cl)c(C2CC2)c(-c2nc3c4c(nc(OC[C@]56CCCN5C[C@H](F)C6)nc4c2F)N2C[C@@H]4CCC(N4)[C@@H]2CO3)c1. The van der Waals surface area contributed by atoms with Crippen LogP contribution in [0.25, 0.3) is 22.2 Å². The molecule has 1 aliphatic carbocycles. The third-order valence-corrected chi connectivity index (χ3v) is 10.8. The van der Waals surface area contributed by atoms with Crippen LogP contribution in [-0.4, -0.2) is 87.6 Å². The Morgan fingerprint density at radius 1 is 1.16 bits per heavy atom. The molecule has 1 aromatic carbocycles. The zero-order valence-corrected chi connectivity index (χ0v) is 24.4. The molecule has 12 heteroatoms. The summed E-state index contributed by atoms with van der Waals surface area (Å²) in [5.41, 5.74) is 0.920. The van der Waals surface area contributed by atoms with Crippen LogP contribution in [0.2, 0.25) is 5.02 Å². The highest BCUT2D eigenvalue weighted by Crippen LogP contribution is 2.50. The fourth-order valence-corrected chi connectivity index (χ4v) is 8.76. The molecule has 6 aliphatic rings. The number of nitrogens with one attached hydrogen (secondary N) is 1. The van der Waals surface area contributed by atoms with Gasteiger partial charge in [-0.25, -0.2) is 13.8 Å². The van der Waals surface area contributed by atoms with Gasteiger partial charge in [0, 0.05) is 42.2 Å². The molecule has 9 rings (SSSR count). The Labute approximate surface area is 252 Å². The van der Waals surface area contributed by atoms with Crippen LogP contribution in [0.4, 0.5) is 14.6 Å². The third-order valence-electron chi connectivity index (χ3n) is 10.5. The van der Waals surface area contributed by atoms with Gasteiger partial charge >= 0.3 is 6.01 Å². The summed E-state index contributed by atoms with van der Waals surface area (Å²) < 4.78 is 44.0. The lowest BCUT2D eigenvalue weighted by atomic mass is 9.95. The Balaban J connectivity index is 1.21. The molecule has 2 N–H and O–H groups in total. The summed E-state index contributed by atoms with van der Waals surface area (Å²) in [4.78, 5) is 18.7. The second-order valence-corrected chi connectivity index (χ2v) is 13.6. The molecule has 0 radical (unpaired) electrons. The van der Waals surface area contributed by atoms with Gasteiger partial charge < -0.3 is 24.8 Å². The molecule has 5 fully saturated rings. The number of hydrogen-bond acceptors (Lipinski definition) is 9. The molecule has 0 amide bonds. The quantitative estimate of drug-likeness (QED) is 0.425. The molecule has 3 aromatic rings. The van der Waals surface area contributed by atoms with Crippen LogP contribution in [0.15, 0.2) is 12.1 Å². The summed E-state index contributed by atoms with van der Waals surface area (Å²) in [5, 5.41) is 15.0. The average Bonchev–Trinajstić information content (AvgIpc) is 3.56. The highest BCUT2D eigenvalue weighted by molar-refractivity contribution is 6.32. The van der Waals surface area contributed by atoms with Gasteiger partial charge in [-0.1, -0.05) is 11.6 Å². The maximum absolute atomic E-state index is 16.8. The second-order valence-electron chi connectivity index (χ2n) is 13.2. The first kappa shape index (κ1) is 26.4. The van der Waals surface area contributed by atoms with Crippen LogP contribution in [0.3, 0.4) is 0 Å². The Morgan fingerprint density at radius 2 is 2.05 bits per heavy atom. The molecule has 1 unspecified atom stereocenters. The molecule has 226 valence electrons. The molecule has 1 saturated carbocycles. The number of nitrogens with zero attached hydrogens (tertiary/aromatic N) is 5. The number of anilines is 1. The molecule has 7 heterocycles. The number of aromatic nitrogens is 3. The minimum absolute atomic E-state index is 0.0197. The molecular weight excluding hydrogens is 578 g/mol. The summed E-state index contributed by atoms with van der Waals surface area (Å²) in [6, 6.07) is 3.57. The molecule has 5 aliphatic heterocycles. The van der Waals surface area contributed by atoms with Gasteiger partial charge in [-0.15, -0.1) is 0 Å². The smallest absolute Gasteiger partial charge is 0.319 e. The predicted molar refractivity (Wildman–Crippen MR) is 156 cm³/mol. The lowest BCUT2D eigenvalue weighted by molar-refractivity contribution is 0.107. The molecule has 2 bridgehead atoms. The zero-order chi connectivity index (χ0) is 29.0. The maximum Gasteiger partial charge on any atom is 0.319 e. The number of benzene rings is 1. The fraction of sp³-hybridized carbons (Fsp3) is 0.581. The van der Waals surface area contributed by atoms with Crippen molar-refractivity contribution in [3.63, 3.8) is 0 Å². The summed E-state index contributed by atoms with van der Waals surface area (Å²) in [5.74, 6) is 0.292. The highest BCUT2D eigenvalue weighted by Gasteiger charge is 2.50. The number of halogens is 3. The zero-order valence-electron chi connectivity index (χ0n) is 23.7. The topological polar surface area (TPSA) is 95.9 Å². The first-order valence-corrected chi connectivity index (χ1v) is 15.9. The van der Waals surface area contributed by atoms with E-state index in [0.29, 0.717) is 53.9 Å². The van der Waals surface area contributed by atoms with Gasteiger partial charge in [0.2, 0.25) is 5.88 Å². The summed E-state index contributed by atoms with van der Waals surface area (Å²) >= 11 is 6.60. The van der Waals surface area contributed by atoms with Crippen LogP contribution < -0.4 is 19.7 Å². The molecule has 5 atom stereocenters. The van der Waals surface area contributed by atoms with Crippen molar-refractivity contribution in [2.45, 2.75) is 80.7 Å². The van der Waals surface area contributed by atoms with E-state index in [-0.39, 0.29) is 53.5 Å². The van der Waals surface area contributed by atoms with E-state index >= 15 is 4.39 Å². The van der Waals surface area contributed by atoms with Crippen molar-refractivity contribution in [2.24, 2.45) is 0 Å². The van der Waals surface area contributed by atoms with E-state index in [2.05, 4.69) is 20.1 Å². The van der Waals surface area contributed by atoms with Crippen molar-refractivity contribution < 1.29 is 23.4 Å². The summed E-state index contributed by atoms with van der Waals surface area (Å²) in [6.07, 6.45) is 5.31. The van der Waals surface area contributed by atoms with Gasteiger partial charge in [-0.05, 0) is 68.7 Å². The van der Waals surface area contributed by atoms with E-state index < -0.39 is 17.5 Å². The van der Waals surface area contributed by atoms with E-state index in [1.807, 2.05) is 0 Å². The number of alkyl halides is 1. The number of piperazine rings is 1. The number of ether oxygens (including phenoxy) is 2. The highest BCUT2D eigenvalue weighted by atomic mass is 35.5. The Bertz CT molecular complexity index is 1660. The first-order chi connectivity index (χ1) is 20.9. The van der Waals surface area contributed by atoms with Crippen LogP contribution >= 0.6 is 11.6 Å². The van der Waals surface area contributed by atoms with E-state index in [9.17, 15) is 9.50 Å². The van der Waals surface area contributed by atoms with Crippen LogP contribution in [-0.2, 0) is 0 Å². The summed E-state index contributed by atoms with van der Waals surface area (Å²) in [7, 11) is 0. The second kappa shape index (κ2) is 9.49. The minimum Gasteiger partial charge on any atom is -0.508 e. The first-order valence-electron chi connectivity index (χ1n) is 15.5. The molecule has 0 spiro atoms. The Hall–Kier alpha value is -3.02. The van der Waals surface area contributed by atoms with Crippen LogP contribution in [0.5, 0.6) is 17.6 Å². The molecule has 9 nitrogen and oxygen atoms in total. The minimum atomic E-state index is -0.885. The van der Waals surface area contributed by atoms with Gasteiger partial charge in [0.15, 0.2) is 5.82 Å². The lowest BCUT2D eigenvalue weighted by Crippen LogP contribution is -2.60. The van der Waals surface area contributed by atoms with Gasteiger partial charge in [0.1, 0.15) is 47.5 Å². The normalized spacial score (nSPS) is 31.2. The fourth-order valence-electron chi connectivity index (χ4n) is 8.39. The van der Waals surface area contributed by atoms with Crippen molar-refractivity contribution in [1.29, 1.82) is 0 Å². The van der Waals surface area contributed by atoms with Crippen molar-refractivity contribution in [3.8, 4) is 28.9 Å². The number of aromatic hydroxyl groups is 1. The lowest BCUT2D eigenvalue weighted by Gasteiger charge is -2.40. The number of pyridine rings is 1. The molecule has 43 heavy (non-hydrogen) atoms. The third kappa shape index (κ3) is 4.10. The van der Waals surface area contributed by atoms with E-state index in [0.717, 1.165) is 50.6 Å². The summed E-state index contributed by atoms with van der Waals surface area (Å²) in [6.45, 7) is 2.56. The van der Waals surface area contributed by atoms with Crippen molar-refractivity contribution in [2.75, 3.05) is 37.7 Å². The number of hydrogen-bond donors (Lipinski definition) is 2. The van der Waals surface area contributed by atoms with Gasteiger partial charge in [-0.3, -0.25) is 4.90 Å². The predicted octanol–water partition coefficient (Wildman–Crippen LogP) is 4.72. The van der Waals surface area contributed by atoms with Crippen molar-refractivity contribution >= 4 is 28.3 Å². The van der Waals surface area contributed by atoms with Gasteiger partial charge in [-0.2, -0.15) is 9.97 Å². The van der Waals surface area contributed by atoms with E-state index in [1.165, 1.54) is 12.1 Å². The molecular formula is C31H33ClF2N6O3. The molecule has 4 saturated heterocycles. The van der Waals surface area contributed by atoms with Crippen LogP contribution in [0, 0.1) is 5.82 Å². The van der Waals surface area contributed by atoms with Gasteiger partial charge in [0.05, 0.1) is 11.6 Å². The Morgan fingerprint density at radius 3 is 2.91 bits per heavy atom. The number of rotatable bonds is 5. The number of phenols is 1. The molecule has 2 aromatic heterocycles. The standard InChI is InChI=1S/C31H33ClF2N6O3/c32-20-9-18(41)8-19(23(20)15-2-3-15)26-25(34)27-24-28(40-12-17-4-5-21(35-17)22(40)13-42-29(24)36-26)38-30(37-27)43-14-31-6-1-7-39(31)11-16(33)10-31/h8-9,15-17,21-22,35,41H,1-7,10-14H2/t16-,17+,21?,22+,31-/m1/s1. The largest absolute Gasteiger partial charge is 0.508 e. The Kier molecular flexibility index (Phi) is 5.82. The van der Waals surface area contributed by atoms with Crippen LogP contribution in [0.1, 0.15) is 56.4 Å². The van der Waals surface area contributed by atoms with E-state index in [4.69, 9.17) is 31.0 Å². The number of fused-ring (bicyclic) bond motifs is 6. The average molecular weight is 611 g/mol. The monoisotopic (exact) mass is 610 g/mol. The van der Waals surface area contributed by atoms with E-state index in [1.54, 1.807) is 0 Å². The maximum atomic E-state index is 16.8. The van der Waals surface area contributed by atoms with Crippen molar-refractivity contribution in [3.05, 3.63) is 28.5 Å². The number of phenolic OH excluding ortho intramolecular Hbond substituents is 1. The van der Waals surface area contributed by atoms with Gasteiger partial charge in [0.25, 0.3) is 0 Å².